The van der Waals surface area contributed by atoms with Gasteiger partial charge < -0.3 is 13.9 Å². The molecule has 26 heavy (non-hydrogen) atoms. The lowest BCUT2D eigenvalue weighted by Crippen LogP contribution is -2.08. The summed E-state index contributed by atoms with van der Waals surface area (Å²) < 4.78 is 17.0. The van der Waals surface area contributed by atoms with Gasteiger partial charge in [0.25, 0.3) is 0 Å². The second-order valence-electron chi connectivity index (χ2n) is 5.51. The number of furan rings is 1. The van der Waals surface area contributed by atoms with Crippen LogP contribution in [0.25, 0.3) is 6.08 Å². The molecule has 0 N–H and O–H groups in total. The summed E-state index contributed by atoms with van der Waals surface area (Å²) in [7, 11) is 0. The average molecular weight is 411 g/mol. The molecule has 4 rings (SSSR count). The minimum absolute atomic E-state index is 0.159. The van der Waals surface area contributed by atoms with Crippen LogP contribution in [0.15, 0.2) is 75.5 Å². The number of carbonyl (C=O) groups is 2. The highest BCUT2D eigenvalue weighted by Gasteiger charge is 2.28. The first-order valence-electron chi connectivity index (χ1n) is 7.70. The van der Waals surface area contributed by atoms with Crippen LogP contribution in [0.3, 0.4) is 0 Å². The van der Waals surface area contributed by atoms with E-state index in [0.29, 0.717) is 28.4 Å². The normalized spacial score (nSPS) is 14.2. The van der Waals surface area contributed by atoms with Gasteiger partial charge in [-0.3, -0.25) is 4.79 Å². The van der Waals surface area contributed by atoms with Crippen molar-refractivity contribution in [3.63, 3.8) is 0 Å². The number of ketones is 1. The van der Waals surface area contributed by atoms with Gasteiger partial charge in [0.05, 0.1) is 17.4 Å². The molecule has 1 aliphatic rings. The number of rotatable bonds is 3. The Morgan fingerprint density at radius 2 is 1.88 bits per heavy atom. The van der Waals surface area contributed by atoms with Gasteiger partial charge in [-0.05, 0) is 48.5 Å². The number of carbonyl (C=O) groups excluding carboxylic acids is 2. The topological polar surface area (TPSA) is 65.7 Å². The second-order valence-corrected chi connectivity index (χ2v) is 6.43. The number of halogens is 1. The van der Waals surface area contributed by atoms with Crippen LogP contribution in [0.5, 0.6) is 11.5 Å². The van der Waals surface area contributed by atoms with E-state index in [4.69, 9.17) is 13.9 Å². The fourth-order valence-electron chi connectivity index (χ4n) is 2.49. The third kappa shape index (κ3) is 3.19. The Labute approximate surface area is 157 Å². The van der Waals surface area contributed by atoms with Crippen LogP contribution >= 0.6 is 15.9 Å². The molecule has 5 nitrogen and oxygen atoms in total. The first-order chi connectivity index (χ1) is 12.6. The minimum Gasteiger partial charge on any atom is -0.465 e. The zero-order valence-corrected chi connectivity index (χ0v) is 14.9. The summed E-state index contributed by atoms with van der Waals surface area (Å²) in [4.78, 5) is 24.6. The Morgan fingerprint density at radius 3 is 2.62 bits per heavy atom. The highest BCUT2D eigenvalue weighted by Crippen LogP contribution is 2.35. The van der Waals surface area contributed by atoms with Crippen molar-refractivity contribution in [2.75, 3.05) is 0 Å². The molecule has 0 saturated carbocycles. The maximum atomic E-state index is 12.4. The van der Waals surface area contributed by atoms with E-state index in [1.807, 2.05) is 0 Å². The fraction of sp³-hybridized carbons (Fsp3) is 0. The molecular formula is C20H11BrO5. The van der Waals surface area contributed by atoms with Crippen LogP contribution < -0.4 is 9.47 Å². The van der Waals surface area contributed by atoms with E-state index in [1.54, 1.807) is 48.5 Å². The van der Waals surface area contributed by atoms with E-state index in [2.05, 4.69) is 15.9 Å². The van der Waals surface area contributed by atoms with Crippen LogP contribution in [0, 0.1) is 0 Å². The predicted octanol–water partition coefficient (Wildman–Crippen LogP) is 4.88. The number of esters is 1. The summed E-state index contributed by atoms with van der Waals surface area (Å²) in [5.74, 6) is 0.572. The van der Waals surface area contributed by atoms with Crippen LogP contribution in [0.1, 0.15) is 26.5 Å². The number of hydrogen-bond donors (Lipinski definition) is 0. The van der Waals surface area contributed by atoms with Crippen molar-refractivity contribution in [3.05, 3.63) is 88.0 Å². The van der Waals surface area contributed by atoms with Crippen molar-refractivity contribution >= 4 is 33.8 Å². The zero-order chi connectivity index (χ0) is 18.1. The molecule has 1 aromatic heterocycles. The lowest BCUT2D eigenvalue weighted by atomic mass is 10.1. The molecule has 0 bridgehead atoms. The van der Waals surface area contributed by atoms with Crippen LogP contribution in [0.4, 0.5) is 0 Å². The van der Waals surface area contributed by atoms with Gasteiger partial charge in [0.2, 0.25) is 5.78 Å². The molecule has 0 aliphatic carbocycles. The Bertz CT molecular complexity index is 1020. The largest absolute Gasteiger partial charge is 0.465 e. The molecule has 0 atom stereocenters. The zero-order valence-electron chi connectivity index (χ0n) is 13.3. The third-order valence-corrected chi connectivity index (χ3v) is 4.28. The molecule has 0 spiro atoms. The van der Waals surface area contributed by atoms with E-state index >= 15 is 0 Å². The maximum Gasteiger partial charge on any atom is 0.343 e. The summed E-state index contributed by atoms with van der Waals surface area (Å²) in [6.07, 6.45) is 3.04. The van der Waals surface area contributed by atoms with Crippen molar-refractivity contribution < 1.29 is 23.5 Å². The van der Waals surface area contributed by atoms with Gasteiger partial charge in [-0.2, -0.15) is 0 Å². The third-order valence-electron chi connectivity index (χ3n) is 3.75. The number of benzene rings is 2. The number of hydrogen-bond acceptors (Lipinski definition) is 5. The van der Waals surface area contributed by atoms with E-state index in [-0.39, 0.29) is 11.5 Å². The van der Waals surface area contributed by atoms with E-state index in [0.717, 1.165) is 4.47 Å². The fourth-order valence-corrected chi connectivity index (χ4v) is 2.75. The van der Waals surface area contributed by atoms with E-state index in [9.17, 15) is 9.59 Å². The molecule has 6 heteroatoms. The van der Waals surface area contributed by atoms with Gasteiger partial charge in [0.1, 0.15) is 17.3 Å². The summed E-state index contributed by atoms with van der Waals surface area (Å²) in [5.41, 5.74) is 0.829. The van der Waals surface area contributed by atoms with Crippen LogP contribution in [-0.2, 0) is 0 Å². The molecule has 2 heterocycles. The number of ether oxygens (including phenoxy) is 2. The molecule has 0 radical (unpaired) electrons. The molecule has 128 valence electrons. The molecule has 3 aromatic rings. The monoisotopic (exact) mass is 410 g/mol. The molecular weight excluding hydrogens is 400 g/mol. The van der Waals surface area contributed by atoms with Crippen molar-refractivity contribution in [2.24, 2.45) is 0 Å². The van der Waals surface area contributed by atoms with E-state index < -0.39 is 5.97 Å². The maximum absolute atomic E-state index is 12.4. The first kappa shape index (κ1) is 16.4. The molecule has 0 amide bonds. The summed E-state index contributed by atoms with van der Waals surface area (Å²) in [6.45, 7) is 0. The van der Waals surface area contributed by atoms with Crippen molar-refractivity contribution in [1.82, 2.24) is 0 Å². The lowest BCUT2D eigenvalue weighted by molar-refractivity contribution is 0.0734. The highest BCUT2D eigenvalue weighted by atomic mass is 79.9. The molecule has 1 aliphatic heterocycles. The second kappa shape index (κ2) is 6.65. The summed E-state index contributed by atoms with van der Waals surface area (Å²) in [5, 5.41) is 0. The first-order valence-corrected chi connectivity index (χ1v) is 8.49. The van der Waals surface area contributed by atoms with Gasteiger partial charge in [-0.15, -0.1) is 0 Å². The van der Waals surface area contributed by atoms with Crippen molar-refractivity contribution in [2.45, 2.75) is 0 Å². The minimum atomic E-state index is -0.492. The number of fused-ring (bicyclic) bond motifs is 1. The summed E-state index contributed by atoms with van der Waals surface area (Å²) >= 11 is 3.31. The Kier molecular flexibility index (Phi) is 4.18. The smallest absolute Gasteiger partial charge is 0.343 e. The Balaban J connectivity index is 1.55. The van der Waals surface area contributed by atoms with Gasteiger partial charge in [-0.1, -0.05) is 15.9 Å². The SMILES string of the molecule is O=C(Oc1ccc2c(c1)OC(=Cc1ccco1)C2=O)c1ccc(Br)cc1. The average Bonchev–Trinajstić information content (AvgIpc) is 3.24. The molecule has 0 unspecified atom stereocenters. The molecule has 2 aromatic carbocycles. The van der Waals surface area contributed by atoms with Crippen molar-refractivity contribution in [3.8, 4) is 11.5 Å². The number of Topliss-reactive ketones (excluding diaryl/α,β-unsaturated/α-hetero) is 1. The summed E-state index contributed by atoms with van der Waals surface area (Å²) in [6, 6.07) is 14.9. The molecule has 0 fully saturated rings. The van der Waals surface area contributed by atoms with Gasteiger partial charge in [-0.25, -0.2) is 4.79 Å². The number of allylic oxidation sites excluding steroid dienone is 1. The highest BCUT2D eigenvalue weighted by molar-refractivity contribution is 9.10. The predicted molar refractivity (Wildman–Crippen MR) is 97.2 cm³/mol. The Hall–Kier alpha value is -3.12. The standard InChI is InChI=1S/C20H11BrO5/c21-13-5-3-12(4-6-13)20(23)25-15-7-8-16-17(11-15)26-18(19(16)22)10-14-2-1-9-24-14/h1-11H. The Morgan fingerprint density at radius 1 is 1.08 bits per heavy atom. The lowest BCUT2D eigenvalue weighted by Gasteiger charge is -2.05. The van der Waals surface area contributed by atoms with Crippen LogP contribution in [0.2, 0.25) is 0 Å². The van der Waals surface area contributed by atoms with E-state index in [1.165, 1.54) is 18.4 Å². The van der Waals surface area contributed by atoms with Gasteiger partial charge in [0, 0.05) is 16.6 Å². The van der Waals surface area contributed by atoms with Gasteiger partial charge >= 0.3 is 5.97 Å². The van der Waals surface area contributed by atoms with Gasteiger partial charge in [0.15, 0.2) is 5.76 Å². The van der Waals surface area contributed by atoms with Crippen molar-refractivity contribution in [1.29, 1.82) is 0 Å². The quantitative estimate of drug-likeness (QED) is 0.349. The van der Waals surface area contributed by atoms with Crippen LogP contribution in [-0.4, -0.2) is 11.8 Å². The molecule has 0 saturated heterocycles.